The summed E-state index contributed by atoms with van der Waals surface area (Å²) in [5.74, 6) is 0.202. The van der Waals surface area contributed by atoms with Gasteiger partial charge in [0, 0.05) is 47.2 Å². The normalized spacial score (nSPS) is 11.2. The lowest BCUT2D eigenvalue weighted by atomic mass is 9.87. The molecule has 0 saturated heterocycles. The van der Waals surface area contributed by atoms with Gasteiger partial charge in [0.1, 0.15) is 11.3 Å². The number of methoxy groups -OCH3 is 2. The zero-order chi connectivity index (χ0) is 29.1. The summed E-state index contributed by atoms with van der Waals surface area (Å²) < 4.78 is 12.1. The Labute approximate surface area is 238 Å². The van der Waals surface area contributed by atoms with E-state index in [9.17, 15) is 9.59 Å². The Morgan fingerprint density at radius 1 is 0.927 bits per heavy atom. The van der Waals surface area contributed by atoms with E-state index in [4.69, 9.17) is 14.5 Å². The van der Waals surface area contributed by atoms with Crippen LogP contribution in [0.1, 0.15) is 47.1 Å². The lowest BCUT2D eigenvalue weighted by molar-refractivity contribution is 0.0597. The molecule has 9 nitrogen and oxygen atoms in total. The van der Waals surface area contributed by atoms with E-state index in [0.717, 1.165) is 5.56 Å². The molecule has 0 saturated carbocycles. The van der Waals surface area contributed by atoms with Crippen molar-refractivity contribution in [3.63, 3.8) is 0 Å². The Morgan fingerprint density at radius 2 is 1.71 bits per heavy atom. The smallest absolute Gasteiger partial charge is 0.341 e. The number of anilines is 3. The van der Waals surface area contributed by atoms with Crippen molar-refractivity contribution in [2.24, 2.45) is 0 Å². The molecule has 0 aliphatic carbocycles. The highest BCUT2D eigenvalue weighted by Crippen LogP contribution is 2.29. The van der Waals surface area contributed by atoms with Crippen LogP contribution in [0.2, 0.25) is 0 Å². The van der Waals surface area contributed by atoms with Crippen LogP contribution in [0, 0.1) is 0 Å². The van der Waals surface area contributed by atoms with Crippen molar-refractivity contribution < 1.29 is 19.1 Å². The van der Waals surface area contributed by atoms with E-state index in [1.165, 1.54) is 19.8 Å². The summed E-state index contributed by atoms with van der Waals surface area (Å²) in [6.45, 7) is 6.42. The van der Waals surface area contributed by atoms with Crippen LogP contribution < -0.4 is 15.4 Å². The van der Waals surface area contributed by atoms with Crippen LogP contribution in [0.4, 0.5) is 17.2 Å². The maximum Gasteiger partial charge on any atom is 0.341 e. The maximum absolute atomic E-state index is 13.0. The quantitative estimate of drug-likeness (QED) is 0.224. The molecule has 0 unspecified atom stereocenters. The van der Waals surface area contributed by atoms with Crippen molar-refractivity contribution in [1.29, 1.82) is 0 Å². The van der Waals surface area contributed by atoms with Gasteiger partial charge in [-0.05, 0) is 47.4 Å². The molecule has 1 amide bonds. The van der Waals surface area contributed by atoms with Crippen LogP contribution >= 0.6 is 0 Å². The van der Waals surface area contributed by atoms with Gasteiger partial charge < -0.3 is 24.5 Å². The first-order chi connectivity index (χ1) is 19.7. The van der Waals surface area contributed by atoms with Gasteiger partial charge in [0.25, 0.3) is 5.91 Å². The molecule has 2 heterocycles. The first-order valence-electron chi connectivity index (χ1n) is 13.1. The molecule has 0 aliphatic rings. The largest absolute Gasteiger partial charge is 0.496 e. The number of fused-ring (bicyclic) bond motifs is 1. The Kier molecular flexibility index (Phi) is 7.43. The summed E-state index contributed by atoms with van der Waals surface area (Å²) in [4.78, 5) is 34.3. The minimum absolute atomic E-state index is 0.0129. The molecule has 5 rings (SSSR count). The van der Waals surface area contributed by atoms with Crippen LogP contribution in [-0.4, -0.2) is 40.5 Å². The van der Waals surface area contributed by atoms with Gasteiger partial charge in [-0.15, -0.1) is 0 Å². The molecule has 0 aliphatic heterocycles. The van der Waals surface area contributed by atoms with Gasteiger partial charge in [-0.3, -0.25) is 4.79 Å². The molecular formula is C32H31N5O4. The van der Waals surface area contributed by atoms with Crippen LogP contribution in [0.3, 0.4) is 0 Å². The summed E-state index contributed by atoms with van der Waals surface area (Å²) in [6.07, 6.45) is 5.40. The Balaban J connectivity index is 1.42. The Hall–Kier alpha value is -5.18. The molecule has 5 aromatic rings. The van der Waals surface area contributed by atoms with E-state index in [2.05, 4.69) is 36.4 Å². The second-order valence-electron chi connectivity index (χ2n) is 10.5. The molecule has 0 radical (unpaired) electrons. The number of imidazole rings is 1. The molecule has 0 bridgehead atoms. The van der Waals surface area contributed by atoms with Crippen molar-refractivity contribution in [3.8, 4) is 17.0 Å². The molecule has 9 heteroatoms. The third-order valence-electron chi connectivity index (χ3n) is 6.67. The highest BCUT2D eigenvalue weighted by Gasteiger charge is 2.17. The Morgan fingerprint density at radius 3 is 2.41 bits per heavy atom. The van der Waals surface area contributed by atoms with Gasteiger partial charge in [-0.1, -0.05) is 45.0 Å². The molecular weight excluding hydrogens is 518 g/mol. The van der Waals surface area contributed by atoms with E-state index >= 15 is 0 Å². The zero-order valence-corrected chi connectivity index (χ0v) is 23.6. The van der Waals surface area contributed by atoms with E-state index in [1.54, 1.807) is 24.4 Å². The summed E-state index contributed by atoms with van der Waals surface area (Å²) in [6, 6.07) is 20.3. The number of benzene rings is 3. The Bertz CT molecular complexity index is 1740. The SMILES string of the molecule is COC(=O)c1ccc(Nc2nc(-c3cccc(NC(=O)c4ccc(C(C)(C)C)cc4)c3)cn3ccnc23)cc1OC. The number of ether oxygens (including phenoxy) is 2. The molecule has 2 N–H and O–H groups in total. The van der Waals surface area contributed by atoms with E-state index in [1.807, 2.05) is 65.3 Å². The number of rotatable bonds is 7. The fourth-order valence-corrected chi connectivity index (χ4v) is 4.42. The molecule has 2 aromatic heterocycles. The van der Waals surface area contributed by atoms with E-state index in [0.29, 0.717) is 45.4 Å². The van der Waals surface area contributed by atoms with E-state index in [-0.39, 0.29) is 11.3 Å². The molecule has 0 fully saturated rings. The number of carbonyl (C=O) groups is 2. The number of hydrogen-bond donors (Lipinski definition) is 2. The number of amides is 1. The fourth-order valence-electron chi connectivity index (χ4n) is 4.42. The summed E-state index contributed by atoms with van der Waals surface area (Å²) in [5.41, 5.74) is 5.48. The van der Waals surface area contributed by atoms with Gasteiger partial charge in [-0.25, -0.2) is 14.8 Å². The van der Waals surface area contributed by atoms with Crippen LogP contribution in [0.25, 0.3) is 16.9 Å². The average Bonchev–Trinajstić information content (AvgIpc) is 3.46. The molecule has 0 spiro atoms. The summed E-state index contributed by atoms with van der Waals surface area (Å²) >= 11 is 0. The number of esters is 1. The number of hydrogen-bond acceptors (Lipinski definition) is 7. The third-order valence-corrected chi connectivity index (χ3v) is 6.67. The standard InChI is InChI=1S/C32H31N5O4/c1-32(2,3)22-11-9-20(10-12-22)30(38)35-23-8-6-7-21(17-23)26-19-37-16-15-33-29(37)28(36-26)34-24-13-14-25(31(39)41-5)27(18-24)40-4/h6-19H,1-5H3,(H,34,36)(H,35,38). The van der Waals surface area contributed by atoms with Crippen LogP contribution in [-0.2, 0) is 10.2 Å². The lowest BCUT2D eigenvalue weighted by Gasteiger charge is -2.19. The maximum atomic E-state index is 13.0. The van der Waals surface area contributed by atoms with Crippen molar-refractivity contribution >= 4 is 34.7 Å². The van der Waals surface area contributed by atoms with Crippen molar-refractivity contribution in [3.05, 3.63) is 102 Å². The number of aromatic nitrogens is 3. The zero-order valence-electron chi connectivity index (χ0n) is 23.6. The van der Waals surface area contributed by atoms with Gasteiger partial charge in [0.05, 0.1) is 19.9 Å². The number of nitrogens with one attached hydrogen (secondary N) is 2. The first-order valence-corrected chi connectivity index (χ1v) is 13.1. The molecule has 41 heavy (non-hydrogen) atoms. The van der Waals surface area contributed by atoms with Crippen LogP contribution in [0.5, 0.6) is 5.75 Å². The topological polar surface area (TPSA) is 107 Å². The minimum atomic E-state index is -0.488. The summed E-state index contributed by atoms with van der Waals surface area (Å²) in [5, 5.41) is 6.28. The van der Waals surface area contributed by atoms with E-state index < -0.39 is 5.97 Å². The van der Waals surface area contributed by atoms with Crippen LogP contribution in [0.15, 0.2) is 85.3 Å². The third kappa shape index (κ3) is 5.89. The molecule has 208 valence electrons. The van der Waals surface area contributed by atoms with Crippen molar-refractivity contribution in [2.75, 3.05) is 24.9 Å². The van der Waals surface area contributed by atoms with Gasteiger partial charge in [0.2, 0.25) is 0 Å². The number of carbonyl (C=O) groups excluding carboxylic acids is 2. The van der Waals surface area contributed by atoms with Crippen molar-refractivity contribution in [2.45, 2.75) is 26.2 Å². The minimum Gasteiger partial charge on any atom is -0.496 e. The first kappa shape index (κ1) is 27.4. The lowest BCUT2D eigenvalue weighted by Crippen LogP contribution is -2.14. The van der Waals surface area contributed by atoms with Gasteiger partial charge in [0.15, 0.2) is 11.5 Å². The highest BCUT2D eigenvalue weighted by atomic mass is 16.5. The van der Waals surface area contributed by atoms with Gasteiger partial charge in [-0.2, -0.15) is 0 Å². The fraction of sp³-hybridized carbons (Fsp3) is 0.188. The average molecular weight is 550 g/mol. The highest BCUT2D eigenvalue weighted by molar-refractivity contribution is 6.04. The predicted octanol–water partition coefficient (Wildman–Crippen LogP) is 6.48. The summed E-state index contributed by atoms with van der Waals surface area (Å²) in [7, 11) is 2.81. The molecule has 3 aromatic carbocycles. The monoisotopic (exact) mass is 549 g/mol. The second-order valence-corrected chi connectivity index (χ2v) is 10.5. The van der Waals surface area contributed by atoms with Gasteiger partial charge >= 0.3 is 5.97 Å². The second kappa shape index (κ2) is 11.1. The number of nitrogens with zero attached hydrogens (tertiary/aromatic N) is 3. The van der Waals surface area contributed by atoms with Crippen molar-refractivity contribution in [1.82, 2.24) is 14.4 Å². The molecule has 0 atom stereocenters. The predicted molar refractivity (Wildman–Crippen MR) is 159 cm³/mol.